The number of hydrogen-bond acceptors (Lipinski definition) is 7. The van der Waals surface area contributed by atoms with E-state index in [-0.39, 0.29) is 5.91 Å². The lowest BCUT2D eigenvalue weighted by Gasteiger charge is -2.34. The quantitative estimate of drug-likeness (QED) is 0.786. The molecule has 0 saturated carbocycles. The summed E-state index contributed by atoms with van der Waals surface area (Å²) in [5.74, 6) is 1.44. The zero-order valence-corrected chi connectivity index (χ0v) is 11.4. The summed E-state index contributed by atoms with van der Waals surface area (Å²) in [7, 11) is 0. The number of nitrogens with zero attached hydrogens (tertiary/aromatic N) is 5. The molecule has 2 fully saturated rings. The number of amides is 1. The second-order valence-corrected chi connectivity index (χ2v) is 5.01. The molecule has 2 aliphatic heterocycles. The molecule has 3 rings (SSSR count). The van der Waals surface area contributed by atoms with Gasteiger partial charge in [0.2, 0.25) is 11.9 Å². The first-order chi connectivity index (χ1) is 9.72. The largest absolute Gasteiger partial charge is 0.377 e. The van der Waals surface area contributed by atoms with E-state index >= 15 is 0 Å². The van der Waals surface area contributed by atoms with E-state index in [4.69, 9.17) is 4.74 Å². The summed E-state index contributed by atoms with van der Waals surface area (Å²) in [5.41, 5.74) is 0. The molecule has 8 heteroatoms. The Kier molecular flexibility index (Phi) is 3.64. The zero-order chi connectivity index (χ0) is 13.9. The Bertz CT molecular complexity index is 485. The molecule has 1 amide bonds. The van der Waals surface area contributed by atoms with Crippen LogP contribution < -0.4 is 10.2 Å². The topological polar surface area (TPSA) is 83.5 Å². The van der Waals surface area contributed by atoms with Crippen LogP contribution in [-0.4, -0.2) is 71.4 Å². The van der Waals surface area contributed by atoms with Crippen molar-refractivity contribution in [2.75, 3.05) is 49.6 Å². The van der Waals surface area contributed by atoms with Crippen LogP contribution in [0.4, 0.5) is 11.8 Å². The van der Waals surface area contributed by atoms with Gasteiger partial charge in [-0.1, -0.05) is 0 Å². The third-order valence-electron chi connectivity index (χ3n) is 3.55. The number of hydrogen-bond donors (Lipinski definition) is 1. The first-order valence-corrected chi connectivity index (χ1v) is 6.77. The molecule has 0 radical (unpaired) electrons. The minimum Gasteiger partial charge on any atom is -0.377 e. The van der Waals surface area contributed by atoms with Crippen LogP contribution in [0.2, 0.25) is 0 Å². The Balaban J connectivity index is 1.62. The molecule has 20 heavy (non-hydrogen) atoms. The van der Waals surface area contributed by atoms with E-state index in [1.807, 2.05) is 4.90 Å². The van der Waals surface area contributed by atoms with Crippen molar-refractivity contribution in [1.29, 1.82) is 0 Å². The van der Waals surface area contributed by atoms with Crippen LogP contribution in [0.15, 0.2) is 6.20 Å². The van der Waals surface area contributed by atoms with E-state index in [9.17, 15) is 4.79 Å². The van der Waals surface area contributed by atoms with E-state index in [2.05, 4.69) is 25.4 Å². The van der Waals surface area contributed by atoms with Crippen molar-refractivity contribution in [2.45, 2.75) is 13.0 Å². The van der Waals surface area contributed by atoms with Gasteiger partial charge >= 0.3 is 0 Å². The van der Waals surface area contributed by atoms with Gasteiger partial charge < -0.3 is 19.9 Å². The molecule has 1 aromatic heterocycles. The van der Waals surface area contributed by atoms with Crippen LogP contribution in [0.1, 0.15) is 6.92 Å². The molecule has 0 atom stereocenters. The first kappa shape index (κ1) is 13.0. The second-order valence-electron chi connectivity index (χ2n) is 5.01. The van der Waals surface area contributed by atoms with Gasteiger partial charge in [0.25, 0.3) is 0 Å². The monoisotopic (exact) mass is 278 g/mol. The molecule has 1 aromatic rings. The highest BCUT2D eigenvalue weighted by atomic mass is 16.5. The molecule has 108 valence electrons. The second kappa shape index (κ2) is 5.58. The minimum absolute atomic E-state index is 0.115. The Morgan fingerprint density at radius 3 is 2.70 bits per heavy atom. The zero-order valence-electron chi connectivity index (χ0n) is 11.4. The third kappa shape index (κ3) is 2.79. The number of anilines is 2. The van der Waals surface area contributed by atoms with Crippen molar-refractivity contribution in [3.63, 3.8) is 0 Å². The van der Waals surface area contributed by atoms with E-state index in [0.29, 0.717) is 38.3 Å². The number of ether oxygens (including phenoxy) is 1. The van der Waals surface area contributed by atoms with Crippen molar-refractivity contribution in [1.82, 2.24) is 20.1 Å². The number of aromatic nitrogens is 3. The van der Waals surface area contributed by atoms with Crippen LogP contribution in [0.3, 0.4) is 0 Å². The van der Waals surface area contributed by atoms with Gasteiger partial charge in [0, 0.05) is 33.1 Å². The van der Waals surface area contributed by atoms with Gasteiger partial charge in [-0.25, -0.2) is 0 Å². The summed E-state index contributed by atoms with van der Waals surface area (Å²) in [4.78, 5) is 19.7. The molecule has 0 spiro atoms. The van der Waals surface area contributed by atoms with E-state index in [0.717, 1.165) is 18.9 Å². The summed E-state index contributed by atoms with van der Waals surface area (Å²) < 4.78 is 5.11. The molecule has 0 aliphatic carbocycles. The van der Waals surface area contributed by atoms with Gasteiger partial charge in [0.15, 0.2) is 5.82 Å². The lowest BCUT2D eigenvalue weighted by atomic mass is 10.2. The molecule has 0 aromatic carbocycles. The highest BCUT2D eigenvalue weighted by molar-refractivity contribution is 5.73. The van der Waals surface area contributed by atoms with Crippen molar-refractivity contribution in [2.24, 2.45) is 0 Å². The SMILES string of the molecule is CC(=O)N1CCN(c2nncc(NC3COC3)n2)CC1. The highest BCUT2D eigenvalue weighted by Crippen LogP contribution is 2.14. The van der Waals surface area contributed by atoms with E-state index in [1.54, 1.807) is 13.1 Å². The smallest absolute Gasteiger partial charge is 0.247 e. The fourth-order valence-corrected chi connectivity index (χ4v) is 2.25. The van der Waals surface area contributed by atoms with Crippen LogP contribution in [0.5, 0.6) is 0 Å². The summed E-state index contributed by atoms with van der Waals surface area (Å²) in [6, 6.07) is 0.314. The van der Waals surface area contributed by atoms with Crippen molar-refractivity contribution in [3.05, 3.63) is 6.20 Å². The average molecular weight is 278 g/mol. The van der Waals surface area contributed by atoms with Gasteiger partial charge in [-0.3, -0.25) is 4.79 Å². The van der Waals surface area contributed by atoms with Crippen molar-refractivity contribution in [3.8, 4) is 0 Å². The number of nitrogens with one attached hydrogen (secondary N) is 1. The maximum Gasteiger partial charge on any atom is 0.247 e. The van der Waals surface area contributed by atoms with Crippen molar-refractivity contribution < 1.29 is 9.53 Å². The van der Waals surface area contributed by atoms with Crippen molar-refractivity contribution >= 4 is 17.7 Å². The van der Waals surface area contributed by atoms with Crippen LogP contribution in [0.25, 0.3) is 0 Å². The third-order valence-corrected chi connectivity index (χ3v) is 3.55. The molecular weight excluding hydrogens is 260 g/mol. The lowest BCUT2D eigenvalue weighted by Crippen LogP contribution is -2.48. The van der Waals surface area contributed by atoms with Crippen LogP contribution in [0, 0.1) is 0 Å². The van der Waals surface area contributed by atoms with Gasteiger partial charge in [-0.15, -0.1) is 5.10 Å². The first-order valence-electron chi connectivity index (χ1n) is 6.77. The molecule has 3 heterocycles. The summed E-state index contributed by atoms with van der Waals surface area (Å²) in [6.07, 6.45) is 1.62. The Morgan fingerprint density at radius 2 is 2.10 bits per heavy atom. The molecular formula is C12H18N6O2. The van der Waals surface area contributed by atoms with Gasteiger partial charge in [0.1, 0.15) is 0 Å². The standard InChI is InChI=1S/C12H18N6O2/c1-9(19)17-2-4-18(5-3-17)12-15-11(6-13-16-12)14-10-7-20-8-10/h6,10H,2-5,7-8H2,1H3,(H,14,15,16). The molecule has 8 nitrogen and oxygen atoms in total. The summed E-state index contributed by atoms with van der Waals surface area (Å²) >= 11 is 0. The minimum atomic E-state index is 0.115. The van der Waals surface area contributed by atoms with E-state index in [1.165, 1.54) is 0 Å². The lowest BCUT2D eigenvalue weighted by molar-refractivity contribution is -0.129. The summed E-state index contributed by atoms with van der Waals surface area (Å²) in [6.45, 7) is 5.88. The van der Waals surface area contributed by atoms with Crippen LogP contribution >= 0.6 is 0 Å². The molecule has 0 bridgehead atoms. The van der Waals surface area contributed by atoms with Gasteiger partial charge in [0.05, 0.1) is 25.5 Å². The highest BCUT2D eigenvalue weighted by Gasteiger charge is 2.22. The maximum absolute atomic E-state index is 11.3. The maximum atomic E-state index is 11.3. The molecule has 0 unspecified atom stereocenters. The normalized spacial score (nSPS) is 19.6. The number of piperazine rings is 1. The number of carbonyl (C=O) groups excluding carboxylic acids is 1. The number of carbonyl (C=O) groups is 1. The fraction of sp³-hybridized carbons (Fsp3) is 0.667. The Hall–Kier alpha value is -1.96. The van der Waals surface area contributed by atoms with Gasteiger partial charge in [-0.2, -0.15) is 10.1 Å². The Labute approximate surface area is 117 Å². The summed E-state index contributed by atoms with van der Waals surface area (Å²) in [5, 5.41) is 11.3. The molecule has 2 aliphatic rings. The predicted octanol–water partition coefficient (Wildman–Crippen LogP) is -0.649. The average Bonchev–Trinajstić information content (AvgIpc) is 2.43. The molecule has 2 saturated heterocycles. The fourth-order valence-electron chi connectivity index (χ4n) is 2.25. The van der Waals surface area contributed by atoms with E-state index < -0.39 is 0 Å². The number of rotatable bonds is 3. The Morgan fingerprint density at radius 1 is 1.35 bits per heavy atom. The molecule has 1 N–H and O–H groups in total. The predicted molar refractivity (Wildman–Crippen MR) is 72.5 cm³/mol. The van der Waals surface area contributed by atoms with Crippen LogP contribution in [-0.2, 0) is 9.53 Å². The van der Waals surface area contributed by atoms with Gasteiger partial charge in [-0.05, 0) is 0 Å².